The summed E-state index contributed by atoms with van der Waals surface area (Å²) in [6, 6.07) is 7.06. The summed E-state index contributed by atoms with van der Waals surface area (Å²) in [4.78, 5) is 28.3. The van der Waals surface area contributed by atoms with Gasteiger partial charge in [-0.05, 0) is 49.6 Å². The van der Waals surface area contributed by atoms with Gasteiger partial charge in [0, 0.05) is 44.0 Å². The van der Waals surface area contributed by atoms with Crippen molar-refractivity contribution < 1.29 is 18.0 Å². The molecule has 2 saturated heterocycles. The third kappa shape index (κ3) is 3.83. The third-order valence-corrected chi connectivity index (χ3v) is 7.14. The number of hydrogen-bond donors (Lipinski definition) is 1. The highest BCUT2D eigenvalue weighted by Gasteiger charge is 2.35. The number of carbonyl (C=O) groups is 1. The summed E-state index contributed by atoms with van der Waals surface area (Å²) in [6.45, 7) is 1.17. The maximum atomic E-state index is 13.4. The average molecular weight is 483 g/mol. The number of halogens is 3. The number of amides is 1. The van der Waals surface area contributed by atoms with E-state index in [1.54, 1.807) is 35.9 Å². The zero-order valence-corrected chi connectivity index (χ0v) is 19.1. The van der Waals surface area contributed by atoms with E-state index in [1.165, 1.54) is 12.4 Å². The molecule has 1 amide bonds. The Morgan fingerprint density at radius 3 is 2.89 bits per heavy atom. The summed E-state index contributed by atoms with van der Waals surface area (Å²) in [5.74, 6) is 0.848. The van der Waals surface area contributed by atoms with Gasteiger partial charge in [-0.25, -0.2) is 15.0 Å². The van der Waals surface area contributed by atoms with Gasteiger partial charge in [0.05, 0.1) is 11.3 Å². The second-order valence-electron chi connectivity index (χ2n) is 9.36. The predicted molar refractivity (Wildman–Crippen MR) is 124 cm³/mol. The third-order valence-electron chi connectivity index (χ3n) is 7.14. The molecule has 11 heteroatoms. The van der Waals surface area contributed by atoms with Gasteiger partial charge < -0.3 is 19.4 Å². The molecule has 0 bridgehead atoms. The molecule has 182 valence electrons. The van der Waals surface area contributed by atoms with Gasteiger partial charge in [0.2, 0.25) is 0 Å². The van der Waals surface area contributed by atoms with Crippen LogP contribution in [-0.4, -0.2) is 66.7 Å². The number of fused-ring (bicyclic) bond motifs is 3. The smallest absolute Gasteiger partial charge is 0.337 e. The van der Waals surface area contributed by atoms with Gasteiger partial charge in [0.25, 0.3) is 5.91 Å². The van der Waals surface area contributed by atoms with Crippen LogP contribution in [-0.2, 0) is 13.6 Å². The maximum absolute atomic E-state index is 13.4. The molecule has 0 aliphatic carbocycles. The first-order valence-electron chi connectivity index (χ1n) is 11.6. The van der Waals surface area contributed by atoms with Crippen LogP contribution < -0.4 is 5.32 Å². The Hall–Kier alpha value is -3.47. The quantitative estimate of drug-likeness (QED) is 0.483. The van der Waals surface area contributed by atoms with Gasteiger partial charge in [-0.15, -0.1) is 0 Å². The highest BCUT2D eigenvalue weighted by atomic mass is 19.4. The molecular formula is C24H24F3N7O. The fraction of sp³-hybridized carbons (Fsp3) is 0.417. The molecule has 0 aromatic carbocycles. The molecule has 35 heavy (non-hydrogen) atoms. The molecule has 0 saturated carbocycles. The van der Waals surface area contributed by atoms with Crippen LogP contribution in [0, 0.1) is 5.92 Å². The van der Waals surface area contributed by atoms with Crippen molar-refractivity contribution in [3.63, 3.8) is 0 Å². The number of hydrogen-bond acceptors (Lipinski definition) is 5. The van der Waals surface area contributed by atoms with Crippen LogP contribution in [0.15, 0.2) is 36.7 Å². The molecule has 0 radical (unpaired) electrons. The Labute approximate surface area is 198 Å². The molecule has 2 aliphatic heterocycles. The second kappa shape index (κ2) is 8.04. The lowest BCUT2D eigenvalue weighted by Gasteiger charge is -2.34. The number of piperidine rings is 1. The van der Waals surface area contributed by atoms with Crippen LogP contribution >= 0.6 is 0 Å². The minimum Gasteiger partial charge on any atom is -0.337 e. The number of alkyl halides is 3. The first kappa shape index (κ1) is 22.0. The molecule has 2 unspecified atom stereocenters. The first-order chi connectivity index (χ1) is 16.8. The van der Waals surface area contributed by atoms with Gasteiger partial charge in [-0.3, -0.25) is 4.79 Å². The van der Waals surface area contributed by atoms with Gasteiger partial charge in [0.1, 0.15) is 17.7 Å². The average Bonchev–Trinajstić information content (AvgIpc) is 3.53. The molecule has 1 N–H and O–H groups in total. The molecule has 4 aromatic rings. The van der Waals surface area contributed by atoms with Crippen molar-refractivity contribution in [2.75, 3.05) is 19.6 Å². The molecule has 2 fully saturated rings. The zero-order valence-electron chi connectivity index (χ0n) is 19.1. The summed E-state index contributed by atoms with van der Waals surface area (Å²) < 4.78 is 43.0. The number of nitrogens with zero attached hydrogens (tertiary/aromatic N) is 6. The van der Waals surface area contributed by atoms with Crippen LogP contribution in [0.4, 0.5) is 13.2 Å². The van der Waals surface area contributed by atoms with E-state index >= 15 is 0 Å². The van der Waals surface area contributed by atoms with E-state index in [0.29, 0.717) is 58.7 Å². The highest BCUT2D eigenvalue weighted by molar-refractivity contribution is 5.97. The number of carbonyl (C=O) groups excluding carboxylic acids is 1. The number of aryl methyl sites for hydroxylation is 1. The molecule has 6 rings (SSSR count). The molecule has 4 aromatic heterocycles. The van der Waals surface area contributed by atoms with Crippen molar-refractivity contribution in [2.24, 2.45) is 13.0 Å². The highest BCUT2D eigenvalue weighted by Crippen LogP contribution is 2.32. The van der Waals surface area contributed by atoms with Crippen LogP contribution in [0.1, 0.15) is 23.2 Å². The Morgan fingerprint density at radius 2 is 2.06 bits per heavy atom. The van der Waals surface area contributed by atoms with Gasteiger partial charge >= 0.3 is 6.18 Å². The summed E-state index contributed by atoms with van der Waals surface area (Å²) >= 11 is 0. The van der Waals surface area contributed by atoms with Gasteiger partial charge in [0.15, 0.2) is 11.5 Å². The standard InChI is InChI=1S/C24H24F3N7O/c1-32-21-17(9-16(11-30-21)23(35)33-8-5-14-4-7-28-18(14)12-33)31-22(32)19-10-15-3-2-6-29-20(15)34(19)13-24(25,26)27/h2-3,6,9-11,14,18,28H,4-5,7-8,12-13H2,1H3. The van der Waals surface area contributed by atoms with Gasteiger partial charge in [-0.2, -0.15) is 13.2 Å². The maximum Gasteiger partial charge on any atom is 0.406 e. The Kier molecular flexibility index (Phi) is 5.06. The van der Waals surface area contributed by atoms with E-state index in [-0.39, 0.29) is 11.6 Å². The van der Waals surface area contributed by atoms with E-state index in [0.717, 1.165) is 24.0 Å². The van der Waals surface area contributed by atoms with Crippen molar-refractivity contribution in [3.05, 3.63) is 42.2 Å². The van der Waals surface area contributed by atoms with E-state index in [2.05, 4.69) is 20.3 Å². The molecule has 0 spiro atoms. The second-order valence-corrected chi connectivity index (χ2v) is 9.36. The Balaban J connectivity index is 1.38. The van der Waals surface area contributed by atoms with E-state index in [4.69, 9.17) is 0 Å². The van der Waals surface area contributed by atoms with Crippen molar-refractivity contribution >= 4 is 28.1 Å². The fourth-order valence-corrected chi connectivity index (χ4v) is 5.43. The van der Waals surface area contributed by atoms with Crippen LogP contribution in [0.3, 0.4) is 0 Å². The lowest BCUT2D eigenvalue weighted by Crippen LogP contribution is -2.48. The van der Waals surface area contributed by atoms with Crippen LogP contribution in [0.25, 0.3) is 33.7 Å². The molecular weight excluding hydrogens is 459 g/mol. The van der Waals surface area contributed by atoms with Crippen LogP contribution in [0.2, 0.25) is 0 Å². The van der Waals surface area contributed by atoms with Crippen molar-refractivity contribution in [3.8, 4) is 11.5 Å². The first-order valence-corrected chi connectivity index (χ1v) is 11.6. The number of pyridine rings is 2. The van der Waals surface area contributed by atoms with Crippen molar-refractivity contribution in [1.29, 1.82) is 0 Å². The van der Waals surface area contributed by atoms with E-state index in [1.807, 2.05) is 4.90 Å². The minimum absolute atomic E-state index is 0.103. The predicted octanol–water partition coefficient (Wildman–Crippen LogP) is 3.37. The zero-order chi connectivity index (χ0) is 24.3. The Bertz CT molecular complexity index is 1440. The summed E-state index contributed by atoms with van der Waals surface area (Å²) in [6.07, 6.45) is 0.693. The topological polar surface area (TPSA) is 80.9 Å². The lowest BCUT2D eigenvalue weighted by molar-refractivity contribution is -0.139. The number of nitrogens with one attached hydrogen (secondary N) is 1. The normalized spacial score (nSPS) is 20.6. The van der Waals surface area contributed by atoms with Crippen molar-refractivity contribution in [1.82, 2.24) is 34.3 Å². The lowest BCUT2D eigenvalue weighted by atomic mass is 9.92. The van der Waals surface area contributed by atoms with E-state index < -0.39 is 12.7 Å². The Morgan fingerprint density at radius 1 is 1.20 bits per heavy atom. The molecule has 8 nitrogen and oxygen atoms in total. The van der Waals surface area contributed by atoms with Crippen LogP contribution in [0.5, 0.6) is 0 Å². The number of likely N-dealkylation sites (tertiary alicyclic amines) is 1. The van der Waals surface area contributed by atoms with E-state index in [9.17, 15) is 18.0 Å². The fourth-order valence-electron chi connectivity index (χ4n) is 5.43. The number of imidazole rings is 1. The summed E-state index contributed by atoms with van der Waals surface area (Å²) in [5, 5.41) is 4.06. The number of rotatable bonds is 3. The molecule has 6 heterocycles. The number of aromatic nitrogens is 5. The minimum atomic E-state index is -4.43. The molecule has 2 atom stereocenters. The van der Waals surface area contributed by atoms with Gasteiger partial charge in [-0.1, -0.05) is 0 Å². The summed E-state index contributed by atoms with van der Waals surface area (Å²) in [7, 11) is 1.71. The monoisotopic (exact) mass is 483 g/mol. The summed E-state index contributed by atoms with van der Waals surface area (Å²) in [5.41, 5.74) is 1.90. The largest absolute Gasteiger partial charge is 0.406 e. The SMILES string of the molecule is Cn1c(-c2cc3cccnc3n2CC(F)(F)F)nc2cc(C(=O)N3CCC4CCNC4C3)cnc21. The van der Waals surface area contributed by atoms with Crippen molar-refractivity contribution in [2.45, 2.75) is 31.6 Å². The molecule has 2 aliphatic rings.